The number of aromatic nitrogens is 2. The van der Waals surface area contributed by atoms with E-state index in [0.29, 0.717) is 18.8 Å². The van der Waals surface area contributed by atoms with E-state index in [4.69, 9.17) is 9.47 Å². The molecule has 3 rings (SSSR count). The molecule has 1 N–H and O–H groups in total. The number of fused-ring (bicyclic) bond motifs is 1. The van der Waals surface area contributed by atoms with Crippen LogP contribution in [0.15, 0.2) is 36.7 Å². The van der Waals surface area contributed by atoms with Crippen LogP contribution < -0.4 is 14.8 Å². The van der Waals surface area contributed by atoms with Crippen LogP contribution in [-0.2, 0) is 11.3 Å². The number of carbonyl (C=O) groups excluding carboxylic acids is 1. The van der Waals surface area contributed by atoms with Crippen LogP contribution >= 0.6 is 0 Å². The van der Waals surface area contributed by atoms with Gasteiger partial charge in [0.25, 0.3) is 0 Å². The summed E-state index contributed by atoms with van der Waals surface area (Å²) in [4.78, 5) is 12.0. The maximum absolute atomic E-state index is 12.0. The first kappa shape index (κ1) is 15.4. The van der Waals surface area contributed by atoms with Crippen molar-refractivity contribution in [3.8, 4) is 11.5 Å². The van der Waals surface area contributed by atoms with Gasteiger partial charge in [-0.1, -0.05) is 32.9 Å². The number of hydrogen-bond acceptors (Lipinski definition) is 4. The number of amides is 1. The highest BCUT2D eigenvalue weighted by atomic mass is 16.6. The second kappa shape index (κ2) is 5.95. The average Bonchev–Trinajstić information content (AvgIpc) is 2.93. The summed E-state index contributed by atoms with van der Waals surface area (Å²) in [5.74, 6) is 1.47. The summed E-state index contributed by atoms with van der Waals surface area (Å²) in [5, 5.41) is 7.13. The van der Waals surface area contributed by atoms with Crippen LogP contribution in [0, 0.1) is 5.41 Å². The SMILES string of the molecule is CC(C)(C)C(=O)Nc1cnn(CC2COc3ccccc3O2)c1. The maximum atomic E-state index is 12.0. The van der Waals surface area contributed by atoms with Gasteiger partial charge in [-0.25, -0.2) is 0 Å². The van der Waals surface area contributed by atoms with Gasteiger partial charge in [0.1, 0.15) is 6.61 Å². The molecule has 0 radical (unpaired) electrons. The van der Waals surface area contributed by atoms with Gasteiger partial charge in [-0.2, -0.15) is 5.10 Å². The lowest BCUT2D eigenvalue weighted by Crippen LogP contribution is -2.33. The van der Waals surface area contributed by atoms with Crippen molar-refractivity contribution in [1.29, 1.82) is 0 Å². The van der Waals surface area contributed by atoms with Crippen molar-refractivity contribution in [2.75, 3.05) is 11.9 Å². The molecule has 23 heavy (non-hydrogen) atoms. The standard InChI is InChI=1S/C17H21N3O3/c1-17(2,3)16(21)19-12-8-18-20(9-12)10-13-11-22-14-6-4-5-7-15(14)23-13/h4-9,13H,10-11H2,1-3H3,(H,19,21). The van der Waals surface area contributed by atoms with Crippen LogP contribution in [0.4, 0.5) is 5.69 Å². The van der Waals surface area contributed by atoms with Gasteiger partial charge in [0.15, 0.2) is 17.6 Å². The molecule has 0 aliphatic carbocycles. The predicted octanol–water partition coefficient (Wildman–Crippen LogP) is 2.71. The first-order valence-corrected chi connectivity index (χ1v) is 7.64. The normalized spacial score (nSPS) is 16.9. The Morgan fingerprint density at radius 2 is 2.09 bits per heavy atom. The first-order chi connectivity index (χ1) is 10.9. The fourth-order valence-corrected chi connectivity index (χ4v) is 2.21. The molecule has 0 fully saturated rings. The Labute approximate surface area is 135 Å². The molecule has 1 amide bonds. The van der Waals surface area contributed by atoms with Gasteiger partial charge >= 0.3 is 0 Å². The van der Waals surface area contributed by atoms with Crippen molar-refractivity contribution in [2.24, 2.45) is 5.41 Å². The van der Waals surface area contributed by atoms with Crippen molar-refractivity contribution in [1.82, 2.24) is 9.78 Å². The Morgan fingerprint density at radius 1 is 1.35 bits per heavy atom. The second-order valence-corrected chi connectivity index (χ2v) is 6.65. The van der Waals surface area contributed by atoms with Crippen LogP contribution in [0.1, 0.15) is 20.8 Å². The van der Waals surface area contributed by atoms with Crippen LogP contribution in [0.3, 0.4) is 0 Å². The van der Waals surface area contributed by atoms with Gasteiger partial charge in [0.05, 0.1) is 18.4 Å². The molecule has 0 saturated carbocycles. The number of benzene rings is 1. The maximum Gasteiger partial charge on any atom is 0.229 e. The van der Waals surface area contributed by atoms with E-state index in [1.165, 1.54) is 0 Å². The molecule has 2 aromatic rings. The van der Waals surface area contributed by atoms with E-state index >= 15 is 0 Å². The lowest BCUT2D eigenvalue weighted by Gasteiger charge is -2.26. The smallest absolute Gasteiger partial charge is 0.229 e. The van der Waals surface area contributed by atoms with Crippen molar-refractivity contribution in [3.63, 3.8) is 0 Å². The summed E-state index contributed by atoms with van der Waals surface area (Å²) in [6.45, 7) is 6.65. The van der Waals surface area contributed by atoms with Crippen LogP contribution in [0.5, 0.6) is 11.5 Å². The largest absolute Gasteiger partial charge is 0.486 e. The number of ether oxygens (including phenoxy) is 2. The molecule has 0 saturated heterocycles. The third-order valence-electron chi connectivity index (χ3n) is 3.53. The van der Waals surface area contributed by atoms with Gasteiger partial charge < -0.3 is 14.8 Å². The Balaban J connectivity index is 1.61. The first-order valence-electron chi connectivity index (χ1n) is 7.64. The highest BCUT2D eigenvalue weighted by Gasteiger charge is 2.23. The summed E-state index contributed by atoms with van der Waals surface area (Å²) < 4.78 is 13.3. The summed E-state index contributed by atoms with van der Waals surface area (Å²) in [7, 11) is 0. The van der Waals surface area contributed by atoms with Gasteiger partial charge in [-0.05, 0) is 12.1 Å². The minimum absolute atomic E-state index is 0.0387. The molecule has 0 bridgehead atoms. The zero-order valence-electron chi connectivity index (χ0n) is 13.6. The molecule has 1 aromatic carbocycles. The Hall–Kier alpha value is -2.50. The number of nitrogens with zero attached hydrogens (tertiary/aromatic N) is 2. The number of hydrogen-bond donors (Lipinski definition) is 1. The predicted molar refractivity (Wildman–Crippen MR) is 86.7 cm³/mol. The Bertz CT molecular complexity index is 703. The average molecular weight is 315 g/mol. The van der Waals surface area contributed by atoms with Gasteiger partial charge in [-0.15, -0.1) is 0 Å². The summed E-state index contributed by atoms with van der Waals surface area (Å²) in [6, 6.07) is 7.61. The number of anilines is 1. The van der Waals surface area contributed by atoms with Crippen molar-refractivity contribution >= 4 is 11.6 Å². The highest BCUT2D eigenvalue weighted by molar-refractivity contribution is 5.94. The fraction of sp³-hybridized carbons (Fsp3) is 0.412. The van der Waals surface area contributed by atoms with Crippen molar-refractivity contribution < 1.29 is 14.3 Å². The Morgan fingerprint density at radius 3 is 2.83 bits per heavy atom. The fourth-order valence-electron chi connectivity index (χ4n) is 2.21. The van der Waals surface area contributed by atoms with E-state index in [1.807, 2.05) is 45.0 Å². The van der Waals surface area contributed by atoms with E-state index in [9.17, 15) is 4.79 Å². The molecule has 1 atom stereocenters. The molecule has 6 heteroatoms. The number of rotatable bonds is 3. The molecule has 1 unspecified atom stereocenters. The quantitative estimate of drug-likeness (QED) is 0.946. The zero-order valence-corrected chi connectivity index (χ0v) is 13.6. The van der Waals surface area contributed by atoms with E-state index in [0.717, 1.165) is 11.5 Å². The summed E-state index contributed by atoms with van der Waals surface area (Å²) in [5.41, 5.74) is 0.244. The monoisotopic (exact) mass is 315 g/mol. The third kappa shape index (κ3) is 3.64. The molecular weight excluding hydrogens is 294 g/mol. The molecule has 1 aliphatic rings. The Kier molecular flexibility index (Phi) is 3.98. The second-order valence-electron chi connectivity index (χ2n) is 6.65. The molecule has 6 nitrogen and oxygen atoms in total. The third-order valence-corrected chi connectivity index (χ3v) is 3.53. The molecule has 0 spiro atoms. The molecule has 2 heterocycles. The summed E-state index contributed by atoms with van der Waals surface area (Å²) >= 11 is 0. The number of carbonyl (C=O) groups is 1. The molecule has 122 valence electrons. The van der Waals surface area contributed by atoms with Crippen molar-refractivity contribution in [3.05, 3.63) is 36.7 Å². The molecule has 1 aromatic heterocycles. The van der Waals surface area contributed by atoms with E-state index in [1.54, 1.807) is 17.1 Å². The van der Waals surface area contributed by atoms with Crippen LogP contribution in [0.2, 0.25) is 0 Å². The minimum atomic E-state index is -0.438. The van der Waals surface area contributed by atoms with E-state index in [-0.39, 0.29) is 12.0 Å². The highest BCUT2D eigenvalue weighted by Crippen LogP contribution is 2.31. The van der Waals surface area contributed by atoms with E-state index in [2.05, 4.69) is 10.4 Å². The van der Waals surface area contributed by atoms with Gasteiger partial charge in [0.2, 0.25) is 5.91 Å². The van der Waals surface area contributed by atoms with Gasteiger partial charge in [0, 0.05) is 11.6 Å². The van der Waals surface area contributed by atoms with Crippen molar-refractivity contribution in [2.45, 2.75) is 33.4 Å². The van der Waals surface area contributed by atoms with Gasteiger partial charge in [-0.3, -0.25) is 9.48 Å². The lowest BCUT2D eigenvalue weighted by atomic mass is 9.96. The lowest BCUT2D eigenvalue weighted by molar-refractivity contribution is -0.123. The number of para-hydroxylation sites is 2. The van der Waals surface area contributed by atoms with E-state index < -0.39 is 5.41 Å². The zero-order chi connectivity index (χ0) is 16.4. The molecule has 1 aliphatic heterocycles. The number of nitrogens with one attached hydrogen (secondary N) is 1. The minimum Gasteiger partial charge on any atom is -0.486 e. The molecular formula is C17H21N3O3. The van der Waals surface area contributed by atoms with Crippen LogP contribution in [-0.4, -0.2) is 28.4 Å². The summed E-state index contributed by atoms with van der Waals surface area (Å²) in [6.07, 6.45) is 3.32. The van der Waals surface area contributed by atoms with Crippen LogP contribution in [0.25, 0.3) is 0 Å². The topological polar surface area (TPSA) is 65.4 Å².